The SMILES string of the molecule is O=C(NC1(C(F)(F)F)COC1)C1=C2C=C3CC3=C2C=C1. The van der Waals surface area contributed by atoms with Gasteiger partial charge in [-0.3, -0.25) is 4.79 Å². The van der Waals surface area contributed by atoms with Crippen LogP contribution in [0.3, 0.4) is 0 Å². The second-order valence-electron chi connectivity index (χ2n) is 5.43. The lowest BCUT2D eigenvalue weighted by molar-refractivity contribution is -0.265. The fraction of sp³-hybridized carbons (Fsp3) is 0.357. The van der Waals surface area contributed by atoms with E-state index < -0.39 is 30.8 Å². The Kier molecular flexibility index (Phi) is 2.05. The minimum absolute atomic E-state index is 0.308. The lowest BCUT2D eigenvalue weighted by atomic mass is 9.95. The molecule has 3 aliphatic carbocycles. The average Bonchev–Trinajstić information content (AvgIpc) is 2.79. The Balaban J connectivity index is 1.61. The molecule has 0 radical (unpaired) electrons. The van der Waals surface area contributed by atoms with Gasteiger partial charge >= 0.3 is 6.18 Å². The van der Waals surface area contributed by atoms with Crippen LogP contribution in [0.2, 0.25) is 0 Å². The smallest absolute Gasteiger partial charge is 0.376 e. The molecule has 2 fully saturated rings. The summed E-state index contributed by atoms with van der Waals surface area (Å²) in [5, 5.41) is 2.10. The van der Waals surface area contributed by atoms with Gasteiger partial charge in [0.05, 0.1) is 13.2 Å². The van der Waals surface area contributed by atoms with Crippen molar-refractivity contribution < 1.29 is 22.7 Å². The number of ether oxygens (including phenoxy) is 1. The first kappa shape index (κ1) is 12.0. The van der Waals surface area contributed by atoms with E-state index in [-0.39, 0.29) is 0 Å². The summed E-state index contributed by atoms with van der Waals surface area (Å²) in [6, 6.07) is 0. The Morgan fingerprint density at radius 3 is 2.60 bits per heavy atom. The molecule has 0 unspecified atom stereocenters. The highest BCUT2D eigenvalue weighted by Crippen LogP contribution is 2.51. The minimum atomic E-state index is -4.51. The Morgan fingerprint density at radius 1 is 1.25 bits per heavy atom. The van der Waals surface area contributed by atoms with Crippen molar-refractivity contribution in [3.8, 4) is 0 Å². The van der Waals surface area contributed by atoms with Crippen LogP contribution >= 0.6 is 0 Å². The van der Waals surface area contributed by atoms with Gasteiger partial charge in [-0.15, -0.1) is 0 Å². The first-order chi connectivity index (χ1) is 9.41. The summed E-state index contributed by atoms with van der Waals surface area (Å²) in [4.78, 5) is 12.1. The number of halogens is 3. The molecule has 0 aromatic carbocycles. The van der Waals surface area contributed by atoms with E-state index in [1.807, 2.05) is 6.08 Å². The van der Waals surface area contributed by atoms with Gasteiger partial charge in [-0.1, -0.05) is 6.08 Å². The van der Waals surface area contributed by atoms with Crippen molar-refractivity contribution in [2.45, 2.75) is 18.1 Å². The highest BCUT2D eigenvalue weighted by Gasteiger charge is 2.61. The zero-order chi connectivity index (χ0) is 14.1. The van der Waals surface area contributed by atoms with E-state index in [4.69, 9.17) is 0 Å². The van der Waals surface area contributed by atoms with Crippen LogP contribution in [-0.2, 0) is 9.53 Å². The third-order valence-electron chi connectivity index (χ3n) is 4.11. The highest BCUT2D eigenvalue weighted by molar-refractivity contribution is 6.02. The van der Waals surface area contributed by atoms with E-state index in [0.717, 1.165) is 17.6 Å². The van der Waals surface area contributed by atoms with Crippen molar-refractivity contribution >= 4 is 5.91 Å². The number of hydrogen-bond acceptors (Lipinski definition) is 2. The van der Waals surface area contributed by atoms with Crippen LogP contribution in [0, 0.1) is 0 Å². The Labute approximate surface area is 112 Å². The van der Waals surface area contributed by atoms with Crippen LogP contribution in [0.25, 0.3) is 0 Å². The minimum Gasteiger partial charge on any atom is -0.376 e. The van der Waals surface area contributed by atoms with Crippen LogP contribution < -0.4 is 5.32 Å². The molecule has 0 aromatic heterocycles. The van der Waals surface area contributed by atoms with Crippen LogP contribution in [0.15, 0.2) is 46.1 Å². The molecule has 0 aromatic rings. The van der Waals surface area contributed by atoms with Crippen LogP contribution in [-0.4, -0.2) is 30.8 Å². The third-order valence-corrected chi connectivity index (χ3v) is 4.11. The number of alkyl halides is 3. The quantitative estimate of drug-likeness (QED) is 0.840. The molecular weight excluding hydrogens is 271 g/mol. The average molecular weight is 281 g/mol. The maximum Gasteiger partial charge on any atom is 0.416 e. The zero-order valence-electron chi connectivity index (χ0n) is 10.3. The second-order valence-corrected chi connectivity index (χ2v) is 5.43. The Morgan fingerprint density at radius 2 is 2.00 bits per heavy atom. The van der Waals surface area contributed by atoms with Crippen molar-refractivity contribution in [2.75, 3.05) is 13.2 Å². The van der Waals surface area contributed by atoms with E-state index in [1.165, 1.54) is 11.1 Å². The van der Waals surface area contributed by atoms with E-state index in [1.54, 1.807) is 12.2 Å². The highest BCUT2D eigenvalue weighted by atomic mass is 19.4. The number of nitrogens with one attached hydrogen (secondary N) is 1. The number of rotatable bonds is 2. The summed E-state index contributed by atoms with van der Waals surface area (Å²) in [5.41, 5.74) is 2.18. The van der Waals surface area contributed by atoms with Crippen LogP contribution in [0.4, 0.5) is 13.2 Å². The van der Waals surface area contributed by atoms with E-state index in [0.29, 0.717) is 5.57 Å². The van der Waals surface area contributed by atoms with Gasteiger partial charge in [0.2, 0.25) is 0 Å². The van der Waals surface area contributed by atoms with E-state index in [2.05, 4.69) is 10.1 Å². The number of allylic oxidation sites excluding steroid dienone is 6. The second kappa shape index (κ2) is 3.44. The molecule has 4 aliphatic rings. The summed E-state index contributed by atoms with van der Waals surface area (Å²) in [7, 11) is 0. The van der Waals surface area contributed by atoms with Crippen LogP contribution in [0.1, 0.15) is 6.42 Å². The summed E-state index contributed by atoms with van der Waals surface area (Å²) < 4.78 is 43.6. The third kappa shape index (κ3) is 1.42. The van der Waals surface area contributed by atoms with Crippen molar-refractivity contribution in [2.24, 2.45) is 0 Å². The summed E-state index contributed by atoms with van der Waals surface area (Å²) >= 11 is 0. The van der Waals surface area contributed by atoms with Crippen molar-refractivity contribution in [1.82, 2.24) is 5.32 Å². The fourth-order valence-corrected chi connectivity index (χ4v) is 2.73. The van der Waals surface area contributed by atoms with Gasteiger partial charge in [-0.25, -0.2) is 0 Å². The molecule has 1 heterocycles. The molecule has 1 amide bonds. The molecule has 0 atom stereocenters. The zero-order valence-corrected chi connectivity index (χ0v) is 10.3. The molecule has 1 saturated heterocycles. The summed E-state index contributed by atoms with van der Waals surface area (Å²) in [5.74, 6) is -0.689. The molecule has 0 spiro atoms. The van der Waals surface area contributed by atoms with Crippen LogP contribution in [0.5, 0.6) is 0 Å². The topological polar surface area (TPSA) is 38.3 Å². The molecule has 1 aliphatic heterocycles. The van der Waals surface area contributed by atoms with Gasteiger partial charge in [0.15, 0.2) is 5.54 Å². The number of carbonyl (C=O) groups excluding carboxylic acids is 1. The molecule has 1 saturated carbocycles. The molecule has 3 nitrogen and oxygen atoms in total. The number of carbonyl (C=O) groups is 1. The lowest BCUT2D eigenvalue weighted by Crippen LogP contribution is -2.70. The molecular formula is C14H10F3NO2. The Bertz CT molecular complexity index is 660. The van der Waals surface area contributed by atoms with Crippen molar-refractivity contribution in [3.05, 3.63) is 46.1 Å². The van der Waals surface area contributed by atoms with E-state index >= 15 is 0 Å². The molecule has 6 heteroatoms. The van der Waals surface area contributed by atoms with Crippen molar-refractivity contribution in [1.29, 1.82) is 0 Å². The van der Waals surface area contributed by atoms with Crippen molar-refractivity contribution in [3.63, 3.8) is 0 Å². The maximum atomic E-state index is 13.0. The molecule has 104 valence electrons. The first-order valence-electron chi connectivity index (χ1n) is 6.25. The van der Waals surface area contributed by atoms with E-state index in [9.17, 15) is 18.0 Å². The molecule has 1 N–H and O–H groups in total. The lowest BCUT2D eigenvalue weighted by Gasteiger charge is -2.42. The fourth-order valence-electron chi connectivity index (χ4n) is 2.73. The predicted octanol–water partition coefficient (Wildman–Crippen LogP) is 1.94. The standard InChI is InChI=1S/C14H10F3NO2/c15-14(16,17)13(5-20-6-13)18-12(19)9-2-1-8-10-3-7(10)4-11(8)9/h1-2,4H,3,5-6H2,(H,18,19). The molecule has 0 bridgehead atoms. The van der Waals surface area contributed by atoms with Gasteiger partial charge in [0.1, 0.15) is 0 Å². The summed E-state index contributed by atoms with van der Waals surface area (Å²) in [6.45, 7) is -1.05. The molecule has 4 rings (SSSR count). The normalized spacial score (nSPS) is 25.2. The number of hydrogen-bond donors (Lipinski definition) is 1. The maximum absolute atomic E-state index is 13.0. The predicted molar refractivity (Wildman–Crippen MR) is 63.6 cm³/mol. The van der Waals surface area contributed by atoms with Gasteiger partial charge < -0.3 is 10.1 Å². The summed E-state index contributed by atoms with van der Waals surface area (Å²) in [6.07, 6.45) is 1.69. The van der Waals surface area contributed by atoms with Gasteiger partial charge in [0.25, 0.3) is 5.91 Å². The first-order valence-corrected chi connectivity index (χ1v) is 6.25. The van der Waals surface area contributed by atoms with Gasteiger partial charge in [-0.05, 0) is 40.9 Å². The largest absolute Gasteiger partial charge is 0.416 e. The Hall–Kier alpha value is -1.82. The number of amides is 1. The monoisotopic (exact) mass is 281 g/mol. The van der Waals surface area contributed by atoms with Gasteiger partial charge in [0, 0.05) is 5.57 Å². The number of fused-ring (bicyclic) bond motifs is 2. The van der Waals surface area contributed by atoms with Gasteiger partial charge in [-0.2, -0.15) is 13.2 Å². The molecule has 20 heavy (non-hydrogen) atoms.